The molecule has 2 aromatic heterocycles. The Morgan fingerprint density at radius 2 is 2.05 bits per heavy atom. The molecule has 0 saturated carbocycles. The standard InChI is InChI=1S/C16H26N4/c1-12(2)20-14(7-8-16(3,4)9-10-17)19-13-6-5-11-18-15(13)20/h5-6,11-12H,7-10,17H2,1-4H3. The van der Waals surface area contributed by atoms with Gasteiger partial charge in [0.1, 0.15) is 11.3 Å². The maximum atomic E-state index is 5.69. The summed E-state index contributed by atoms with van der Waals surface area (Å²) in [4.78, 5) is 9.25. The first kappa shape index (κ1) is 15.0. The third-order valence-corrected chi connectivity index (χ3v) is 3.88. The Morgan fingerprint density at radius 1 is 1.30 bits per heavy atom. The van der Waals surface area contributed by atoms with Crippen LogP contribution >= 0.6 is 0 Å². The largest absolute Gasteiger partial charge is 0.330 e. The van der Waals surface area contributed by atoms with Crippen molar-refractivity contribution in [2.45, 2.75) is 53.0 Å². The minimum atomic E-state index is 0.266. The smallest absolute Gasteiger partial charge is 0.160 e. The fourth-order valence-corrected chi connectivity index (χ4v) is 2.66. The molecule has 2 rings (SSSR count). The van der Waals surface area contributed by atoms with E-state index in [0.29, 0.717) is 6.04 Å². The number of rotatable bonds is 6. The molecule has 0 aromatic carbocycles. The van der Waals surface area contributed by atoms with E-state index in [-0.39, 0.29) is 5.41 Å². The van der Waals surface area contributed by atoms with Crippen molar-refractivity contribution in [1.82, 2.24) is 14.5 Å². The second kappa shape index (κ2) is 5.92. The molecule has 0 aliphatic carbocycles. The number of hydrogen-bond donors (Lipinski definition) is 1. The molecule has 0 unspecified atom stereocenters. The van der Waals surface area contributed by atoms with Crippen molar-refractivity contribution in [2.24, 2.45) is 11.1 Å². The van der Waals surface area contributed by atoms with Crippen LogP contribution < -0.4 is 5.73 Å². The molecule has 0 spiro atoms. The van der Waals surface area contributed by atoms with Gasteiger partial charge in [0.2, 0.25) is 0 Å². The lowest BCUT2D eigenvalue weighted by molar-refractivity contribution is 0.308. The molecule has 0 atom stereocenters. The number of aryl methyl sites for hydroxylation is 1. The zero-order valence-electron chi connectivity index (χ0n) is 13.1. The van der Waals surface area contributed by atoms with Crippen molar-refractivity contribution in [2.75, 3.05) is 6.54 Å². The molecule has 0 radical (unpaired) electrons. The van der Waals surface area contributed by atoms with Crippen molar-refractivity contribution >= 4 is 11.2 Å². The van der Waals surface area contributed by atoms with Gasteiger partial charge < -0.3 is 10.3 Å². The maximum Gasteiger partial charge on any atom is 0.160 e. The summed E-state index contributed by atoms with van der Waals surface area (Å²) in [6.45, 7) is 9.67. The molecule has 0 bridgehead atoms. The lowest BCUT2D eigenvalue weighted by atomic mass is 9.84. The molecule has 0 aliphatic heterocycles. The van der Waals surface area contributed by atoms with Crippen LogP contribution in [0.3, 0.4) is 0 Å². The minimum absolute atomic E-state index is 0.266. The van der Waals surface area contributed by atoms with Crippen LogP contribution in [-0.2, 0) is 6.42 Å². The Morgan fingerprint density at radius 3 is 2.70 bits per heavy atom. The Balaban J connectivity index is 2.27. The summed E-state index contributed by atoms with van der Waals surface area (Å²) in [6, 6.07) is 4.36. The highest BCUT2D eigenvalue weighted by atomic mass is 15.1. The SMILES string of the molecule is CC(C)n1c(CCC(C)(C)CCN)nc2cccnc21. The van der Waals surface area contributed by atoms with Gasteiger partial charge in [0.25, 0.3) is 0 Å². The van der Waals surface area contributed by atoms with Crippen LogP contribution in [0.5, 0.6) is 0 Å². The number of imidazole rings is 1. The molecule has 2 heterocycles. The number of aromatic nitrogens is 3. The van der Waals surface area contributed by atoms with Crippen molar-refractivity contribution in [1.29, 1.82) is 0 Å². The highest BCUT2D eigenvalue weighted by Gasteiger charge is 2.20. The van der Waals surface area contributed by atoms with E-state index in [2.05, 4.69) is 37.2 Å². The van der Waals surface area contributed by atoms with Crippen LogP contribution in [0.4, 0.5) is 0 Å². The second-order valence-corrected chi connectivity index (χ2v) is 6.54. The van der Waals surface area contributed by atoms with Gasteiger partial charge in [-0.05, 0) is 50.8 Å². The average Bonchev–Trinajstić information content (AvgIpc) is 2.74. The molecular formula is C16H26N4. The van der Waals surface area contributed by atoms with E-state index in [9.17, 15) is 0 Å². The summed E-state index contributed by atoms with van der Waals surface area (Å²) in [5.74, 6) is 1.14. The van der Waals surface area contributed by atoms with E-state index < -0.39 is 0 Å². The van der Waals surface area contributed by atoms with Crippen molar-refractivity contribution in [3.63, 3.8) is 0 Å². The maximum absolute atomic E-state index is 5.69. The van der Waals surface area contributed by atoms with Crippen molar-refractivity contribution in [3.05, 3.63) is 24.2 Å². The van der Waals surface area contributed by atoms with Gasteiger partial charge in [0, 0.05) is 18.7 Å². The predicted molar refractivity (Wildman–Crippen MR) is 83.7 cm³/mol. The van der Waals surface area contributed by atoms with Crippen LogP contribution in [0.25, 0.3) is 11.2 Å². The van der Waals surface area contributed by atoms with E-state index in [1.54, 1.807) is 0 Å². The number of pyridine rings is 1. The van der Waals surface area contributed by atoms with E-state index in [0.717, 1.165) is 42.8 Å². The van der Waals surface area contributed by atoms with Gasteiger partial charge in [-0.3, -0.25) is 0 Å². The van der Waals surface area contributed by atoms with Crippen molar-refractivity contribution in [3.8, 4) is 0 Å². The van der Waals surface area contributed by atoms with Crippen LogP contribution in [0, 0.1) is 5.41 Å². The van der Waals surface area contributed by atoms with Gasteiger partial charge in [-0.2, -0.15) is 0 Å². The molecule has 20 heavy (non-hydrogen) atoms. The Labute approximate surface area is 121 Å². The summed E-state index contributed by atoms with van der Waals surface area (Å²) in [6.07, 6.45) is 4.96. The normalized spacial score (nSPS) is 12.5. The molecule has 0 amide bonds. The highest BCUT2D eigenvalue weighted by Crippen LogP contribution is 2.28. The molecule has 0 saturated heterocycles. The van der Waals surface area contributed by atoms with Crippen LogP contribution in [0.15, 0.2) is 18.3 Å². The second-order valence-electron chi connectivity index (χ2n) is 6.54. The first-order chi connectivity index (χ1) is 9.44. The van der Waals surface area contributed by atoms with Gasteiger partial charge in [-0.1, -0.05) is 13.8 Å². The van der Waals surface area contributed by atoms with Crippen LogP contribution in [0.1, 0.15) is 52.4 Å². The van der Waals surface area contributed by atoms with Gasteiger partial charge in [-0.25, -0.2) is 9.97 Å². The van der Waals surface area contributed by atoms with E-state index >= 15 is 0 Å². The monoisotopic (exact) mass is 274 g/mol. The molecule has 0 aliphatic rings. The van der Waals surface area contributed by atoms with Crippen LogP contribution in [-0.4, -0.2) is 21.1 Å². The van der Waals surface area contributed by atoms with Gasteiger partial charge >= 0.3 is 0 Å². The number of nitrogens with two attached hydrogens (primary N) is 1. The fourth-order valence-electron chi connectivity index (χ4n) is 2.66. The third kappa shape index (κ3) is 3.18. The van der Waals surface area contributed by atoms with Gasteiger partial charge in [-0.15, -0.1) is 0 Å². The van der Waals surface area contributed by atoms with Crippen molar-refractivity contribution < 1.29 is 0 Å². The number of fused-ring (bicyclic) bond motifs is 1. The highest BCUT2D eigenvalue weighted by molar-refractivity contribution is 5.71. The summed E-state index contributed by atoms with van der Waals surface area (Å²) in [7, 11) is 0. The number of nitrogens with zero attached hydrogens (tertiary/aromatic N) is 3. The van der Waals surface area contributed by atoms with E-state index in [1.165, 1.54) is 0 Å². The molecular weight excluding hydrogens is 248 g/mol. The first-order valence-corrected chi connectivity index (χ1v) is 7.46. The number of hydrogen-bond acceptors (Lipinski definition) is 3. The fraction of sp³-hybridized carbons (Fsp3) is 0.625. The Bertz CT molecular complexity index is 569. The molecule has 4 nitrogen and oxygen atoms in total. The molecule has 4 heteroatoms. The molecule has 0 fully saturated rings. The zero-order chi connectivity index (χ0) is 14.8. The zero-order valence-corrected chi connectivity index (χ0v) is 13.1. The van der Waals surface area contributed by atoms with Crippen LogP contribution in [0.2, 0.25) is 0 Å². The lowest BCUT2D eigenvalue weighted by Gasteiger charge is -2.24. The Kier molecular flexibility index (Phi) is 4.43. The molecule has 110 valence electrons. The topological polar surface area (TPSA) is 56.7 Å². The van der Waals surface area contributed by atoms with Gasteiger partial charge in [0.05, 0.1) is 0 Å². The lowest BCUT2D eigenvalue weighted by Crippen LogP contribution is -2.19. The summed E-state index contributed by atoms with van der Waals surface area (Å²) < 4.78 is 2.26. The predicted octanol–water partition coefficient (Wildman–Crippen LogP) is 3.32. The Hall–Kier alpha value is -1.42. The summed E-state index contributed by atoms with van der Waals surface area (Å²) in [5, 5.41) is 0. The van der Waals surface area contributed by atoms with E-state index in [1.807, 2.05) is 18.3 Å². The molecule has 2 aromatic rings. The quantitative estimate of drug-likeness (QED) is 0.879. The minimum Gasteiger partial charge on any atom is -0.330 e. The first-order valence-electron chi connectivity index (χ1n) is 7.46. The summed E-state index contributed by atoms with van der Waals surface area (Å²) >= 11 is 0. The summed E-state index contributed by atoms with van der Waals surface area (Å²) in [5.41, 5.74) is 7.95. The van der Waals surface area contributed by atoms with E-state index in [4.69, 9.17) is 10.7 Å². The van der Waals surface area contributed by atoms with Gasteiger partial charge in [0.15, 0.2) is 5.65 Å². The third-order valence-electron chi connectivity index (χ3n) is 3.88. The average molecular weight is 274 g/mol. The molecule has 2 N–H and O–H groups in total.